The van der Waals surface area contributed by atoms with Crippen LogP contribution in [0, 0.1) is 6.92 Å². The normalized spacial score (nSPS) is 9.29. The maximum Gasteiger partial charge on any atom is 0.116 e. The second-order valence-corrected chi connectivity index (χ2v) is 3.82. The third kappa shape index (κ3) is 4.43. The van der Waals surface area contributed by atoms with Crippen LogP contribution in [0.2, 0.25) is 5.02 Å². The Labute approximate surface area is 91.1 Å². The Hall–Kier alpha value is -0.820. The molecule has 0 aliphatic heterocycles. The van der Waals surface area contributed by atoms with Crippen LogP contribution in [0.25, 0.3) is 0 Å². The SMILES string of the molecule is CC=O.Cc1ccc(Cl)c(C(C)C)c1. The summed E-state index contributed by atoms with van der Waals surface area (Å²) in [5.41, 5.74) is 2.52. The molecule has 0 aliphatic carbocycles. The van der Waals surface area contributed by atoms with Gasteiger partial charge in [0.15, 0.2) is 0 Å². The van der Waals surface area contributed by atoms with Gasteiger partial charge in [0, 0.05) is 5.02 Å². The summed E-state index contributed by atoms with van der Waals surface area (Å²) >= 11 is 5.99. The van der Waals surface area contributed by atoms with Crippen molar-refractivity contribution in [1.82, 2.24) is 0 Å². The van der Waals surface area contributed by atoms with Crippen LogP contribution in [-0.4, -0.2) is 6.29 Å². The summed E-state index contributed by atoms with van der Waals surface area (Å²) in [6.07, 6.45) is 0.750. The van der Waals surface area contributed by atoms with Crippen molar-refractivity contribution >= 4 is 17.9 Å². The van der Waals surface area contributed by atoms with E-state index in [4.69, 9.17) is 16.4 Å². The summed E-state index contributed by atoms with van der Waals surface area (Å²) in [6.45, 7) is 7.84. The molecule has 1 nitrogen and oxygen atoms in total. The summed E-state index contributed by atoms with van der Waals surface area (Å²) in [7, 11) is 0. The third-order valence-electron chi connectivity index (χ3n) is 1.77. The van der Waals surface area contributed by atoms with Gasteiger partial charge >= 0.3 is 0 Å². The number of halogens is 1. The first-order valence-corrected chi connectivity index (χ1v) is 5.06. The lowest BCUT2D eigenvalue weighted by atomic mass is 10.0. The Balaban J connectivity index is 0.000000500. The number of rotatable bonds is 1. The fourth-order valence-corrected chi connectivity index (χ4v) is 1.44. The molecule has 0 heterocycles. The molecule has 0 aliphatic rings. The molecule has 0 saturated carbocycles. The molecule has 0 atom stereocenters. The van der Waals surface area contributed by atoms with Gasteiger partial charge in [-0.1, -0.05) is 43.1 Å². The summed E-state index contributed by atoms with van der Waals surface area (Å²) < 4.78 is 0. The van der Waals surface area contributed by atoms with Crippen LogP contribution in [0.3, 0.4) is 0 Å². The lowest BCUT2D eigenvalue weighted by molar-refractivity contribution is -0.106. The zero-order valence-corrected chi connectivity index (χ0v) is 9.93. The molecule has 0 unspecified atom stereocenters. The average Bonchev–Trinajstić information content (AvgIpc) is 2.10. The lowest BCUT2D eigenvalue weighted by Crippen LogP contribution is -1.89. The number of hydrogen-bond acceptors (Lipinski definition) is 1. The Kier molecular flexibility index (Phi) is 6.22. The van der Waals surface area contributed by atoms with Gasteiger partial charge in [-0.05, 0) is 31.4 Å². The van der Waals surface area contributed by atoms with Crippen molar-refractivity contribution in [2.45, 2.75) is 33.6 Å². The Bertz CT molecular complexity index is 292. The van der Waals surface area contributed by atoms with Crippen LogP contribution < -0.4 is 0 Å². The predicted octanol–water partition coefficient (Wildman–Crippen LogP) is 3.98. The topological polar surface area (TPSA) is 17.1 Å². The van der Waals surface area contributed by atoms with Gasteiger partial charge in [0.05, 0.1) is 0 Å². The molecule has 0 radical (unpaired) electrons. The maximum atomic E-state index is 8.81. The minimum atomic E-state index is 0.516. The summed E-state index contributed by atoms with van der Waals surface area (Å²) in [5, 5.41) is 0.880. The Morgan fingerprint density at radius 1 is 1.36 bits per heavy atom. The molecule has 0 saturated heterocycles. The van der Waals surface area contributed by atoms with E-state index in [9.17, 15) is 0 Å². The minimum absolute atomic E-state index is 0.516. The van der Waals surface area contributed by atoms with Crippen molar-refractivity contribution < 1.29 is 4.79 Å². The molecule has 2 heteroatoms. The first-order valence-electron chi connectivity index (χ1n) is 4.68. The van der Waals surface area contributed by atoms with Crippen molar-refractivity contribution in [2.24, 2.45) is 0 Å². The number of benzene rings is 1. The molecule has 78 valence electrons. The highest BCUT2D eigenvalue weighted by Crippen LogP contribution is 2.24. The third-order valence-corrected chi connectivity index (χ3v) is 2.12. The van der Waals surface area contributed by atoms with E-state index in [1.807, 2.05) is 12.1 Å². The molecular formula is C12H17ClO. The predicted molar refractivity (Wildman–Crippen MR) is 62.0 cm³/mol. The van der Waals surface area contributed by atoms with Gasteiger partial charge < -0.3 is 4.79 Å². The highest BCUT2D eigenvalue weighted by Gasteiger charge is 2.03. The second kappa shape index (κ2) is 6.61. The van der Waals surface area contributed by atoms with Crippen molar-refractivity contribution in [3.05, 3.63) is 34.3 Å². The molecular weight excluding hydrogens is 196 g/mol. The number of aryl methyl sites for hydroxylation is 1. The summed E-state index contributed by atoms with van der Waals surface area (Å²) in [5.74, 6) is 0.516. The van der Waals surface area contributed by atoms with Crippen molar-refractivity contribution in [1.29, 1.82) is 0 Å². The van der Waals surface area contributed by atoms with Gasteiger partial charge in [-0.2, -0.15) is 0 Å². The number of aldehydes is 1. The fourth-order valence-electron chi connectivity index (χ4n) is 1.11. The largest absolute Gasteiger partial charge is 0.304 e. The average molecular weight is 213 g/mol. The Morgan fingerprint density at radius 2 is 1.86 bits per heavy atom. The highest BCUT2D eigenvalue weighted by molar-refractivity contribution is 6.31. The molecule has 0 spiro atoms. The first-order chi connectivity index (χ1) is 6.52. The Morgan fingerprint density at radius 3 is 2.21 bits per heavy atom. The molecule has 0 amide bonds. The van der Waals surface area contributed by atoms with E-state index in [2.05, 4.69) is 26.8 Å². The minimum Gasteiger partial charge on any atom is -0.304 e. The molecule has 0 aromatic heterocycles. The van der Waals surface area contributed by atoms with Crippen molar-refractivity contribution in [2.75, 3.05) is 0 Å². The maximum absolute atomic E-state index is 8.81. The number of hydrogen-bond donors (Lipinski definition) is 0. The molecule has 1 aromatic rings. The van der Waals surface area contributed by atoms with Gasteiger partial charge in [-0.3, -0.25) is 0 Å². The number of carbonyl (C=O) groups is 1. The van der Waals surface area contributed by atoms with E-state index >= 15 is 0 Å². The van der Waals surface area contributed by atoms with Crippen LogP contribution in [0.4, 0.5) is 0 Å². The van der Waals surface area contributed by atoms with Gasteiger partial charge in [0.1, 0.15) is 6.29 Å². The van der Waals surface area contributed by atoms with Crippen LogP contribution in [0.1, 0.15) is 37.8 Å². The molecule has 1 aromatic carbocycles. The molecule has 0 bridgehead atoms. The second-order valence-electron chi connectivity index (χ2n) is 3.42. The van der Waals surface area contributed by atoms with Gasteiger partial charge in [0.2, 0.25) is 0 Å². The monoisotopic (exact) mass is 212 g/mol. The van der Waals surface area contributed by atoms with E-state index in [0.717, 1.165) is 11.3 Å². The van der Waals surface area contributed by atoms with E-state index < -0.39 is 0 Å². The van der Waals surface area contributed by atoms with Crippen LogP contribution in [-0.2, 0) is 4.79 Å². The van der Waals surface area contributed by atoms with Crippen LogP contribution >= 0.6 is 11.6 Å². The number of carbonyl (C=O) groups excluding carboxylic acids is 1. The van der Waals surface area contributed by atoms with Crippen LogP contribution in [0.15, 0.2) is 18.2 Å². The van der Waals surface area contributed by atoms with E-state index in [1.165, 1.54) is 18.1 Å². The lowest BCUT2D eigenvalue weighted by Gasteiger charge is -2.08. The molecule has 14 heavy (non-hydrogen) atoms. The zero-order chi connectivity index (χ0) is 11.1. The standard InChI is InChI=1S/C10H13Cl.C2H4O/c1-7(2)9-6-8(3)4-5-10(9)11;1-2-3/h4-7H,1-3H3;2H,1H3. The van der Waals surface area contributed by atoms with Gasteiger partial charge in [0.25, 0.3) is 0 Å². The van der Waals surface area contributed by atoms with Crippen LogP contribution in [0.5, 0.6) is 0 Å². The highest BCUT2D eigenvalue weighted by atomic mass is 35.5. The quantitative estimate of drug-likeness (QED) is 0.644. The summed E-state index contributed by atoms with van der Waals surface area (Å²) in [6, 6.07) is 6.15. The smallest absolute Gasteiger partial charge is 0.116 e. The summed E-state index contributed by atoms with van der Waals surface area (Å²) in [4.78, 5) is 8.81. The van der Waals surface area contributed by atoms with E-state index in [1.54, 1.807) is 0 Å². The van der Waals surface area contributed by atoms with Crippen molar-refractivity contribution in [3.63, 3.8) is 0 Å². The molecule has 0 N–H and O–H groups in total. The first kappa shape index (κ1) is 13.2. The molecule has 0 fully saturated rings. The van der Waals surface area contributed by atoms with Gasteiger partial charge in [-0.15, -0.1) is 0 Å². The fraction of sp³-hybridized carbons (Fsp3) is 0.417. The van der Waals surface area contributed by atoms with E-state index in [0.29, 0.717) is 5.92 Å². The van der Waals surface area contributed by atoms with E-state index in [-0.39, 0.29) is 0 Å². The zero-order valence-electron chi connectivity index (χ0n) is 9.17. The molecule has 1 rings (SSSR count). The van der Waals surface area contributed by atoms with Crippen molar-refractivity contribution in [3.8, 4) is 0 Å². The van der Waals surface area contributed by atoms with Gasteiger partial charge in [-0.25, -0.2) is 0 Å².